The number of nitrogens with one attached hydrogen (secondary N) is 1. The fourth-order valence-corrected chi connectivity index (χ4v) is 4.94. The van der Waals surface area contributed by atoms with E-state index in [0.717, 1.165) is 5.56 Å². The molecule has 1 N–H and O–H groups in total. The molecule has 24 heavy (non-hydrogen) atoms. The van der Waals surface area contributed by atoms with E-state index in [0.29, 0.717) is 10.6 Å². The highest BCUT2D eigenvalue weighted by molar-refractivity contribution is 7.97. The Morgan fingerprint density at radius 2 is 1.92 bits per heavy atom. The van der Waals surface area contributed by atoms with E-state index in [4.69, 9.17) is 0 Å². The number of thiophene rings is 1. The van der Waals surface area contributed by atoms with E-state index in [9.17, 15) is 13.2 Å². The molecule has 2 heterocycles. The summed E-state index contributed by atoms with van der Waals surface area (Å²) in [6, 6.07) is 11.1. The average Bonchev–Trinajstić information content (AvgIpc) is 3.01. The third-order valence-corrected chi connectivity index (χ3v) is 6.30. The Hall–Kier alpha value is -2.12. The topological polar surface area (TPSA) is 66.5 Å². The first kappa shape index (κ1) is 16.7. The van der Waals surface area contributed by atoms with Crippen molar-refractivity contribution in [3.8, 4) is 0 Å². The Morgan fingerprint density at radius 1 is 1.21 bits per heavy atom. The van der Waals surface area contributed by atoms with E-state index in [1.807, 2.05) is 44.2 Å². The van der Waals surface area contributed by atoms with Crippen molar-refractivity contribution in [1.82, 2.24) is 5.32 Å². The van der Waals surface area contributed by atoms with E-state index in [2.05, 4.69) is 5.32 Å². The minimum atomic E-state index is -3.90. The smallest absolute Gasteiger partial charge is 0.270 e. The molecule has 0 saturated heterocycles. The normalized spacial score (nSPS) is 18.0. The predicted octanol–water partition coefficient (Wildman–Crippen LogP) is 3.12. The minimum Gasteiger partial charge on any atom is -0.387 e. The molecule has 1 aliphatic heterocycles. The summed E-state index contributed by atoms with van der Waals surface area (Å²) in [6.45, 7) is 3.96. The van der Waals surface area contributed by atoms with Gasteiger partial charge < -0.3 is 5.32 Å². The summed E-state index contributed by atoms with van der Waals surface area (Å²) in [5.74, 6) is -0.447. The maximum Gasteiger partial charge on any atom is 0.270 e. The highest BCUT2D eigenvalue weighted by Crippen LogP contribution is 2.39. The van der Waals surface area contributed by atoms with Crippen LogP contribution in [0, 0.1) is 0 Å². The van der Waals surface area contributed by atoms with Crippen LogP contribution in [0.4, 0.5) is 5.69 Å². The number of carbonyl (C=O) groups excluding carboxylic acids is 1. The van der Waals surface area contributed by atoms with Crippen molar-refractivity contribution < 1.29 is 13.2 Å². The number of hydrogen-bond donors (Lipinski definition) is 1. The van der Waals surface area contributed by atoms with Gasteiger partial charge in [-0.25, -0.2) is 8.42 Å². The van der Waals surface area contributed by atoms with E-state index in [1.165, 1.54) is 21.8 Å². The fraction of sp³-hybridized carbons (Fsp3) is 0.235. The van der Waals surface area contributed by atoms with Gasteiger partial charge in [-0.1, -0.05) is 30.3 Å². The Kier molecular flexibility index (Phi) is 4.47. The quantitative estimate of drug-likeness (QED) is 0.849. The minimum absolute atomic E-state index is 0.0350. The van der Waals surface area contributed by atoms with Gasteiger partial charge in [0.2, 0.25) is 5.78 Å². The van der Waals surface area contributed by atoms with Gasteiger partial charge in [-0.05, 0) is 30.9 Å². The number of allylic oxidation sites excluding steroid dienone is 1. The molecule has 126 valence electrons. The summed E-state index contributed by atoms with van der Waals surface area (Å²) in [5, 5.41) is 4.67. The molecule has 1 aromatic carbocycles. The standard InChI is InChI=1S/C17H18N2O3S2/c1-12(2)18-10-15-16(20)17-14(8-9-23-17)19(24(15,21)22)11-13-6-4-3-5-7-13/h3-10,12,18H,11H2,1-2H3. The highest BCUT2D eigenvalue weighted by Gasteiger charge is 2.41. The van der Waals surface area contributed by atoms with Crippen molar-refractivity contribution in [2.24, 2.45) is 0 Å². The lowest BCUT2D eigenvalue weighted by atomic mass is 10.2. The summed E-state index contributed by atoms with van der Waals surface area (Å²) in [4.78, 5) is 12.8. The van der Waals surface area contributed by atoms with Crippen LogP contribution in [0.3, 0.4) is 0 Å². The Balaban J connectivity index is 2.09. The molecule has 0 aliphatic carbocycles. The third-order valence-electron chi connectivity index (χ3n) is 3.63. The summed E-state index contributed by atoms with van der Waals surface area (Å²) in [7, 11) is -3.90. The molecule has 1 aliphatic rings. The van der Waals surface area contributed by atoms with Crippen LogP contribution in [0.25, 0.3) is 0 Å². The summed E-state index contributed by atoms with van der Waals surface area (Å²) in [5.41, 5.74) is 1.32. The molecule has 0 atom stereocenters. The number of nitrogens with zero attached hydrogens (tertiary/aromatic N) is 1. The maximum atomic E-state index is 13.0. The number of ketones is 1. The van der Waals surface area contributed by atoms with Crippen LogP contribution in [0.15, 0.2) is 52.9 Å². The van der Waals surface area contributed by atoms with Crippen molar-refractivity contribution in [2.75, 3.05) is 4.31 Å². The van der Waals surface area contributed by atoms with Gasteiger partial charge in [0, 0.05) is 12.2 Å². The maximum absolute atomic E-state index is 13.0. The average molecular weight is 362 g/mol. The Bertz CT molecular complexity index is 884. The first-order valence-corrected chi connectivity index (χ1v) is 9.88. The van der Waals surface area contributed by atoms with Gasteiger partial charge >= 0.3 is 0 Å². The molecule has 0 saturated carbocycles. The van der Waals surface area contributed by atoms with E-state index < -0.39 is 15.8 Å². The lowest BCUT2D eigenvalue weighted by Gasteiger charge is -2.29. The van der Waals surface area contributed by atoms with Gasteiger partial charge in [-0.15, -0.1) is 11.3 Å². The fourth-order valence-electron chi connectivity index (χ4n) is 2.45. The molecule has 0 fully saturated rings. The summed E-state index contributed by atoms with van der Waals surface area (Å²) < 4.78 is 27.3. The van der Waals surface area contributed by atoms with Crippen LogP contribution in [-0.2, 0) is 16.6 Å². The van der Waals surface area contributed by atoms with Crippen LogP contribution >= 0.6 is 11.3 Å². The summed E-state index contributed by atoms with van der Waals surface area (Å²) >= 11 is 1.26. The van der Waals surface area contributed by atoms with Crippen molar-refractivity contribution in [1.29, 1.82) is 0 Å². The van der Waals surface area contributed by atoms with E-state index >= 15 is 0 Å². The Morgan fingerprint density at radius 3 is 2.58 bits per heavy atom. The van der Waals surface area contributed by atoms with E-state index in [-0.39, 0.29) is 17.5 Å². The molecule has 5 nitrogen and oxygen atoms in total. The number of sulfonamides is 1. The number of rotatable bonds is 4. The van der Waals surface area contributed by atoms with Gasteiger partial charge in [0.25, 0.3) is 10.0 Å². The number of fused-ring (bicyclic) bond motifs is 1. The number of carbonyl (C=O) groups is 1. The lowest BCUT2D eigenvalue weighted by molar-refractivity contribution is 0.104. The molecule has 0 spiro atoms. The Labute approximate surface area is 145 Å². The largest absolute Gasteiger partial charge is 0.387 e. The number of benzene rings is 1. The molecule has 0 amide bonds. The number of Topliss-reactive ketones (excluding diaryl/α,β-unsaturated/α-hetero) is 1. The molecule has 7 heteroatoms. The first-order valence-electron chi connectivity index (χ1n) is 7.56. The monoisotopic (exact) mass is 362 g/mol. The molecule has 1 aromatic heterocycles. The van der Waals surface area contributed by atoms with Crippen molar-refractivity contribution >= 4 is 32.8 Å². The van der Waals surface area contributed by atoms with Gasteiger partial charge in [-0.3, -0.25) is 9.10 Å². The molecule has 0 unspecified atom stereocenters. The second-order valence-corrected chi connectivity index (χ2v) is 8.54. The van der Waals surface area contributed by atoms with Crippen molar-refractivity contribution in [3.05, 3.63) is 63.3 Å². The zero-order valence-electron chi connectivity index (χ0n) is 13.4. The zero-order chi connectivity index (χ0) is 17.3. The molecular formula is C17H18N2O3S2. The van der Waals surface area contributed by atoms with Crippen LogP contribution in [0.1, 0.15) is 29.1 Å². The van der Waals surface area contributed by atoms with Crippen molar-refractivity contribution in [3.63, 3.8) is 0 Å². The van der Waals surface area contributed by atoms with Crippen LogP contribution in [0.5, 0.6) is 0 Å². The third kappa shape index (κ3) is 2.97. The highest BCUT2D eigenvalue weighted by atomic mass is 32.2. The predicted molar refractivity (Wildman–Crippen MR) is 96.5 cm³/mol. The summed E-state index contributed by atoms with van der Waals surface area (Å²) in [6.07, 6.45) is 1.32. The van der Waals surface area contributed by atoms with Crippen molar-refractivity contribution in [2.45, 2.75) is 26.4 Å². The van der Waals surface area contributed by atoms with E-state index in [1.54, 1.807) is 11.4 Å². The van der Waals surface area contributed by atoms with Gasteiger partial charge in [0.1, 0.15) is 4.88 Å². The van der Waals surface area contributed by atoms with Gasteiger partial charge in [0.05, 0.1) is 12.2 Å². The second-order valence-electron chi connectivity index (χ2n) is 5.79. The molecule has 3 rings (SSSR count). The van der Waals surface area contributed by atoms with Gasteiger partial charge in [-0.2, -0.15) is 0 Å². The lowest BCUT2D eigenvalue weighted by Crippen LogP contribution is -2.39. The number of anilines is 1. The molecule has 0 bridgehead atoms. The zero-order valence-corrected chi connectivity index (χ0v) is 15.0. The molecular weight excluding hydrogens is 344 g/mol. The van der Waals surface area contributed by atoms with Crippen LogP contribution in [0.2, 0.25) is 0 Å². The number of hydrogen-bond acceptors (Lipinski definition) is 5. The van der Waals surface area contributed by atoms with Gasteiger partial charge in [0.15, 0.2) is 4.91 Å². The van der Waals surface area contributed by atoms with Crippen LogP contribution in [-0.4, -0.2) is 20.2 Å². The first-order chi connectivity index (χ1) is 11.4. The van der Waals surface area contributed by atoms with Crippen LogP contribution < -0.4 is 9.62 Å². The molecule has 2 aromatic rings. The SMILES string of the molecule is CC(C)NC=C1C(=O)c2sccc2N(Cc2ccccc2)S1(=O)=O. The second kappa shape index (κ2) is 6.41. The molecule has 0 radical (unpaired) electrons.